The smallest absolute Gasteiger partial charge is 0.395 e. The first-order chi connectivity index (χ1) is 10.1. The van der Waals surface area contributed by atoms with E-state index in [1.807, 2.05) is 0 Å². The van der Waals surface area contributed by atoms with Crippen LogP contribution in [0.2, 0.25) is 5.54 Å². The predicted octanol–water partition coefficient (Wildman–Crippen LogP) is 6.64. The van der Waals surface area contributed by atoms with Gasteiger partial charge in [0.1, 0.15) is 0 Å². The Labute approximate surface area is 141 Å². The van der Waals surface area contributed by atoms with Gasteiger partial charge in [0, 0.05) is 7.11 Å². The fourth-order valence-electron chi connectivity index (χ4n) is 2.46. The molecule has 124 valence electrons. The lowest BCUT2D eigenvalue weighted by atomic mass is 10.0. The minimum absolute atomic E-state index is 0.315. The first-order valence-electron chi connectivity index (χ1n) is 8.41. The molecular formula is C16H31Cl2NOSi. The molecule has 21 heavy (non-hydrogen) atoms. The van der Waals surface area contributed by atoms with E-state index < -0.39 is 6.94 Å². The molecule has 5 heteroatoms. The molecule has 1 atom stereocenters. The van der Waals surface area contributed by atoms with Gasteiger partial charge in [0.25, 0.3) is 0 Å². The molecule has 0 rings (SSSR count). The Morgan fingerprint density at radius 1 is 0.905 bits per heavy atom. The third-order valence-electron chi connectivity index (χ3n) is 3.93. The average Bonchev–Trinajstić information content (AvgIpc) is 2.48. The van der Waals surface area contributed by atoms with E-state index in [-0.39, 0.29) is 5.54 Å². The molecule has 0 saturated heterocycles. The molecule has 0 spiro atoms. The van der Waals surface area contributed by atoms with Crippen LogP contribution in [0.15, 0.2) is 0 Å². The van der Waals surface area contributed by atoms with E-state index >= 15 is 0 Å². The van der Waals surface area contributed by atoms with Crippen LogP contribution in [-0.4, -0.2) is 14.0 Å². The molecule has 0 amide bonds. The van der Waals surface area contributed by atoms with Crippen molar-refractivity contribution in [1.29, 1.82) is 5.26 Å². The quantitative estimate of drug-likeness (QED) is 0.199. The molecule has 2 nitrogen and oxygen atoms in total. The van der Waals surface area contributed by atoms with Gasteiger partial charge in [-0.1, -0.05) is 77.6 Å². The van der Waals surface area contributed by atoms with E-state index in [1.54, 1.807) is 0 Å². The van der Waals surface area contributed by atoms with Crippen LogP contribution in [0, 0.1) is 11.3 Å². The zero-order valence-corrected chi connectivity index (χ0v) is 16.2. The molecule has 0 bridgehead atoms. The van der Waals surface area contributed by atoms with Gasteiger partial charge >= 0.3 is 6.94 Å². The molecule has 0 heterocycles. The van der Waals surface area contributed by atoms with E-state index in [0.717, 1.165) is 19.3 Å². The number of hydrogen-bond acceptors (Lipinski definition) is 2. The summed E-state index contributed by atoms with van der Waals surface area (Å²) in [5.74, 6) is 0. The van der Waals surface area contributed by atoms with Crippen molar-refractivity contribution in [2.75, 3.05) is 7.11 Å². The summed E-state index contributed by atoms with van der Waals surface area (Å²) in [6.07, 6.45) is 15.1. The van der Waals surface area contributed by atoms with E-state index in [0.29, 0.717) is 0 Å². The highest BCUT2D eigenvalue weighted by Crippen LogP contribution is 2.34. The number of nitrogens with zero attached hydrogens (tertiary/aromatic N) is 1. The van der Waals surface area contributed by atoms with Crippen molar-refractivity contribution in [2.45, 2.75) is 89.5 Å². The first kappa shape index (κ1) is 21.2. The second kappa shape index (κ2) is 13.9. The first-order valence-corrected chi connectivity index (χ1v) is 12.4. The van der Waals surface area contributed by atoms with Gasteiger partial charge in [-0.3, -0.25) is 0 Å². The fraction of sp³-hybridized carbons (Fsp3) is 0.938. The predicted molar refractivity (Wildman–Crippen MR) is 94.9 cm³/mol. The summed E-state index contributed by atoms with van der Waals surface area (Å²) in [6.45, 7) is -0.566. The van der Waals surface area contributed by atoms with E-state index in [1.165, 1.54) is 64.9 Å². The van der Waals surface area contributed by atoms with Gasteiger partial charge < -0.3 is 4.43 Å². The third kappa shape index (κ3) is 11.5. The van der Waals surface area contributed by atoms with E-state index in [2.05, 4.69) is 13.0 Å². The van der Waals surface area contributed by atoms with Crippen molar-refractivity contribution < 1.29 is 4.43 Å². The molecule has 0 aliphatic heterocycles. The summed E-state index contributed by atoms with van der Waals surface area (Å²) in [7, 11) is 1.50. The van der Waals surface area contributed by atoms with Crippen LogP contribution in [0.5, 0.6) is 0 Å². The second-order valence-electron chi connectivity index (χ2n) is 5.77. The van der Waals surface area contributed by atoms with Crippen molar-refractivity contribution in [3.05, 3.63) is 0 Å². The summed E-state index contributed by atoms with van der Waals surface area (Å²) in [5, 5.41) is 9.09. The molecule has 0 aliphatic carbocycles. The Hall–Kier alpha value is 0.247. The Balaban J connectivity index is 3.42. The third-order valence-corrected chi connectivity index (χ3v) is 8.21. The number of nitriles is 1. The van der Waals surface area contributed by atoms with Crippen LogP contribution < -0.4 is 0 Å². The molecule has 1 unspecified atom stereocenters. The highest BCUT2D eigenvalue weighted by atomic mass is 35.7. The standard InChI is InChI=1S/C16H31Cl2NOSi/c1-3-4-5-6-7-8-9-10-11-12-13-14-16(15-19)21(17,18)20-2/h16H,3-14H2,1-2H3. The van der Waals surface area contributed by atoms with Gasteiger partial charge in [0.2, 0.25) is 0 Å². The van der Waals surface area contributed by atoms with E-state index in [4.69, 9.17) is 31.8 Å². The Kier molecular flexibility index (Phi) is 14.0. The largest absolute Gasteiger partial charge is 0.406 e. The highest BCUT2D eigenvalue weighted by Gasteiger charge is 2.39. The topological polar surface area (TPSA) is 33.0 Å². The molecule has 0 aliphatic rings. The summed E-state index contributed by atoms with van der Waals surface area (Å²) < 4.78 is 5.09. The van der Waals surface area contributed by atoms with Gasteiger partial charge in [0.05, 0.1) is 11.6 Å². The zero-order valence-electron chi connectivity index (χ0n) is 13.7. The van der Waals surface area contributed by atoms with Gasteiger partial charge in [-0.05, 0) is 6.42 Å². The Bertz CT molecular complexity index is 282. The second-order valence-corrected chi connectivity index (χ2v) is 12.0. The molecule has 0 fully saturated rings. The summed E-state index contributed by atoms with van der Waals surface area (Å²) in [6, 6.07) is 2.20. The number of rotatable bonds is 14. The monoisotopic (exact) mass is 351 g/mol. The minimum Gasteiger partial charge on any atom is -0.395 e. The molecule has 0 radical (unpaired) electrons. The average molecular weight is 352 g/mol. The lowest BCUT2D eigenvalue weighted by molar-refractivity contribution is 0.417. The molecule has 0 aromatic rings. The van der Waals surface area contributed by atoms with Crippen LogP contribution in [-0.2, 0) is 4.43 Å². The van der Waals surface area contributed by atoms with Crippen LogP contribution in [0.4, 0.5) is 0 Å². The van der Waals surface area contributed by atoms with Crippen molar-refractivity contribution >= 4 is 29.1 Å². The fourth-order valence-corrected chi connectivity index (χ4v) is 4.39. The van der Waals surface area contributed by atoms with Crippen LogP contribution in [0.3, 0.4) is 0 Å². The van der Waals surface area contributed by atoms with Gasteiger partial charge in [-0.15, -0.1) is 22.2 Å². The van der Waals surface area contributed by atoms with Crippen molar-refractivity contribution in [1.82, 2.24) is 0 Å². The lowest BCUT2D eigenvalue weighted by Crippen LogP contribution is -2.29. The van der Waals surface area contributed by atoms with Crippen molar-refractivity contribution in [3.8, 4) is 6.07 Å². The molecule has 0 N–H and O–H groups in total. The molecule has 0 aromatic heterocycles. The summed E-state index contributed by atoms with van der Waals surface area (Å²) in [5.41, 5.74) is -0.315. The van der Waals surface area contributed by atoms with Crippen molar-refractivity contribution in [2.24, 2.45) is 0 Å². The van der Waals surface area contributed by atoms with Crippen molar-refractivity contribution in [3.63, 3.8) is 0 Å². The zero-order chi connectivity index (χ0) is 16.0. The highest BCUT2D eigenvalue weighted by molar-refractivity contribution is 7.43. The van der Waals surface area contributed by atoms with E-state index in [9.17, 15) is 0 Å². The normalized spacial score (nSPS) is 13.1. The minimum atomic E-state index is -2.82. The maximum absolute atomic E-state index is 9.09. The number of unbranched alkanes of at least 4 members (excludes halogenated alkanes) is 10. The SMILES string of the molecule is CCCCCCCCCCCCCC(C#N)[Si](Cl)(Cl)OC. The van der Waals surface area contributed by atoms with Gasteiger partial charge in [-0.2, -0.15) is 5.26 Å². The number of hydrogen-bond donors (Lipinski definition) is 0. The number of halogens is 2. The summed E-state index contributed by atoms with van der Waals surface area (Å²) >= 11 is 12.2. The maximum Gasteiger partial charge on any atom is 0.406 e. The molecule has 0 saturated carbocycles. The Morgan fingerprint density at radius 3 is 1.71 bits per heavy atom. The Morgan fingerprint density at radius 2 is 1.33 bits per heavy atom. The van der Waals surface area contributed by atoms with Crippen LogP contribution in [0.1, 0.15) is 84.0 Å². The van der Waals surface area contributed by atoms with Crippen LogP contribution in [0.25, 0.3) is 0 Å². The molecular weight excluding hydrogens is 321 g/mol. The lowest BCUT2D eigenvalue weighted by Gasteiger charge is -2.19. The van der Waals surface area contributed by atoms with Gasteiger partial charge in [0.15, 0.2) is 0 Å². The van der Waals surface area contributed by atoms with Gasteiger partial charge in [-0.25, -0.2) is 0 Å². The summed E-state index contributed by atoms with van der Waals surface area (Å²) in [4.78, 5) is 0. The maximum atomic E-state index is 9.09. The molecule has 0 aromatic carbocycles. The van der Waals surface area contributed by atoms with Crippen LogP contribution >= 0.6 is 22.2 Å².